The summed E-state index contributed by atoms with van der Waals surface area (Å²) in [6, 6.07) is 13.8. The van der Waals surface area contributed by atoms with Crippen molar-refractivity contribution in [2.45, 2.75) is 0 Å². The Labute approximate surface area is 116 Å². The highest BCUT2D eigenvalue weighted by atomic mass is 35.5. The third kappa shape index (κ3) is 3.56. The summed E-state index contributed by atoms with van der Waals surface area (Å²) in [7, 11) is 1.54. The van der Waals surface area contributed by atoms with Gasteiger partial charge in [-0.05, 0) is 24.3 Å². The fourth-order valence-corrected chi connectivity index (χ4v) is 1.84. The molecule has 0 saturated heterocycles. The van der Waals surface area contributed by atoms with E-state index in [0.29, 0.717) is 21.9 Å². The lowest BCUT2D eigenvalue weighted by molar-refractivity contribution is 0.0510. The van der Waals surface area contributed by atoms with Crippen LogP contribution in [0.15, 0.2) is 48.5 Å². The number of methoxy groups -OCH3 is 1. The molecule has 98 valence electrons. The lowest BCUT2D eigenvalue weighted by atomic mass is 10.0. The lowest BCUT2D eigenvalue weighted by Crippen LogP contribution is -2.03. The smallest absolute Gasteiger partial charge is 0.193 e. The SMILES string of the molecule is COCOc1cccc(C(=O)c2cccc(Cl)c2)c1. The standard InChI is InChI=1S/C15H13ClO3/c1-18-10-19-14-7-3-5-12(9-14)15(17)11-4-2-6-13(16)8-11/h2-9H,10H2,1H3. The van der Waals surface area contributed by atoms with Crippen LogP contribution in [0.5, 0.6) is 5.75 Å². The number of ketones is 1. The van der Waals surface area contributed by atoms with Gasteiger partial charge < -0.3 is 9.47 Å². The van der Waals surface area contributed by atoms with Crippen molar-refractivity contribution in [1.82, 2.24) is 0 Å². The monoisotopic (exact) mass is 276 g/mol. The lowest BCUT2D eigenvalue weighted by Gasteiger charge is -2.06. The summed E-state index contributed by atoms with van der Waals surface area (Å²) < 4.78 is 10.1. The molecule has 19 heavy (non-hydrogen) atoms. The number of ether oxygens (including phenoxy) is 2. The molecule has 0 saturated carbocycles. The molecule has 2 aromatic carbocycles. The Bertz CT molecular complexity index is 581. The highest BCUT2D eigenvalue weighted by molar-refractivity contribution is 6.31. The summed E-state index contributed by atoms with van der Waals surface area (Å²) in [6.45, 7) is 0.148. The van der Waals surface area contributed by atoms with Crippen LogP contribution in [0, 0.1) is 0 Å². The minimum atomic E-state index is -0.0923. The first-order valence-electron chi connectivity index (χ1n) is 5.73. The van der Waals surface area contributed by atoms with Crippen LogP contribution in [0.4, 0.5) is 0 Å². The number of hydrogen-bond acceptors (Lipinski definition) is 3. The second kappa shape index (κ2) is 6.36. The molecule has 2 rings (SSSR count). The molecule has 0 radical (unpaired) electrons. The van der Waals surface area contributed by atoms with Gasteiger partial charge in [-0.15, -0.1) is 0 Å². The molecule has 0 atom stereocenters. The van der Waals surface area contributed by atoms with Gasteiger partial charge in [0.25, 0.3) is 0 Å². The number of halogens is 1. The number of hydrogen-bond donors (Lipinski definition) is 0. The van der Waals surface area contributed by atoms with Crippen molar-refractivity contribution in [3.63, 3.8) is 0 Å². The summed E-state index contributed by atoms with van der Waals surface area (Å²) in [4.78, 5) is 12.3. The molecule has 2 aromatic rings. The van der Waals surface area contributed by atoms with Crippen LogP contribution in [-0.2, 0) is 4.74 Å². The molecule has 3 nitrogen and oxygen atoms in total. The van der Waals surface area contributed by atoms with E-state index in [4.69, 9.17) is 21.1 Å². The average Bonchev–Trinajstić information content (AvgIpc) is 2.44. The summed E-state index contributed by atoms with van der Waals surface area (Å²) in [5.41, 5.74) is 1.10. The molecule has 0 aliphatic carbocycles. The summed E-state index contributed by atoms with van der Waals surface area (Å²) >= 11 is 5.88. The van der Waals surface area contributed by atoms with Gasteiger partial charge in [-0.3, -0.25) is 4.79 Å². The normalized spacial score (nSPS) is 10.2. The van der Waals surface area contributed by atoms with Gasteiger partial charge in [0, 0.05) is 23.3 Å². The van der Waals surface area contributed by atoms with Gasteiger partial charge in [0.05, 0.1) is 0 Å². The molecule has 0 aliphatic rings. The van der Waals surface area contributed by atoms with Crippen molar-refractivity contribution in [1.29, 1.82) is 0 Å². The summed E-state index contributed by atoms with van der Waals surface area (Å²) in [5.74, 6) is 0.500. The zero-order valence-corrected chi connectivity index (χ0v) is 11.2. The Balaban J connectivity index is 2.24. The van der Waals surface area contributed by atoms with Crippen molar-refractivity contribution in [2.75, 3.05) is 13.9 Å². The molecule has 0 N–H and O–H groups in total. The molecular formula is C15H13ClO3. The van der Waals surface area contributed by atoms with E-state index in [2.05, 4.69) is 0 Å². The molecule has 0 heterocycles. The zero-order valence-electron chi connectivity index (χ0n) is 10.4. The molecule has 4 heteroatoms. The van der Waals surface area contributed by atoms with E-state index in [1.54, 1.807) is 55.6 Å². The highest BCUT2D eigenvalue weighted by Gasteiger charge is 2.10. The summed E-state index contributed by atoms with van der Waals surface area (Å²) in [6.07, 6.45) is 0. The molecule has 0 unspecified atom stereocenters. The van der Waals surface area contributed by atoms with Gasteiger partial charge in [0.2, 0.25) is 0 Å². The number of carbonyl (C=O) groups is 1. The van der Waals surface area contributed by atoms with E-state index in [1.165, 1.54) is 0 Å². The number of carbonyl (C=O) groups excluding carboxylic acids is 1. The minimum absolute atomic E-state index is 0.0923. The van der Waals surface area contributed by atoms with Gasteiger partial charge >= 0.3 is 0 Å². The van der Waals surface area contributed by atoms with E-state index in [-0.39, 0.29) is 12.6 Å². The fourth-order valence-electron chi connectivity index (χ4n) is 1.65. The van der Waals surface area contributed by atoms with Crippen LogP contribution < -0.4 is 4.74 Å². The molecular weight excluding hydrogens is 264 g/mol. The Morgan fingerprint density at radius 1 is 1.11 bits per heavy atom. The third-order valence-corrected chi connectivity index (χ3v) is 2.76. The molecule has 0 amide bonds. The van der Waals surface area contributed by atoms with Crippen LogP contribution in [-0.4, -0.2) is 19.7 Å². The second-order valence-corrected chi connectivity index (χ2v) is 4.35. The van der Waals surface area contributed by atoms with E-state index in [9.17, 15) is 4.79 Å². The van der Waals surface area contributed by atoms with Crippen molar-refractivity contribution in [3.05, 3.63) is 64.7 Å². The third-order valence-electron chi connectivity index (χ3n) is 2.53. The first-order valence-corrected chi connectivity index (χ1v) is 6.10. The first-order chi connectivity index (χ1) is 9.20. The Hall–Kier alpha value is -1.84. The second-order valence-electron chi connectivity index (χ2n) is 3.92. The molecule has 0 fully saturated rings. The van der Waals surface area contributed by atoms with Gasteiger partial charge in [-0.25, -0.2) is 0 Å². The van der Waals surface area contributed by atoms with Crippen LogP contribution in [0.25, 0.3) is 0 Å². The van der Waals surface area contributed by atoms with E-state index < -0.39 is 0 Å². The van der Waals surface area contributed by atoms with Crippen LogP contribution in [0.2, 0.25) is 5.02 Å². The highest BCUT2D eigenvalue weighted by Crippen LogP contribution is 2.18. The van der Waals surface area contributed by atoms with Crippen molar-refractivity contribution in [3.8, 4) is 5.75 Å². The number of benzene rings is 2. The minimum Gasteiger partial charge on any atom is -0.468 e. The number of rotatable bonds is 5. The van der Waals surface area contributed by atoms with E-state index in [1.807, 2.05) is 0 Å². The van der Waals surface area contributed by atoms with Crippen LogP contribution in [0.1, 0.15) is 15.9 Å². The van der Waals surface area contributed by atoms with Gasteiger partial charge in [-0.1, -0.05) is 35.9 Å². The maximum absolute atomic E-state index is 12.3. The van der Waals surface area contributed by atoms with Crippen molar-refractivity contribution < 1.29 is 14.3 Å². The van der Waals surface area contributed by atoms with Crippen molar-refractivity contribution in [2.24, 2.45) is 0 Å². The van der Waals surface area contributed by atoms with E-state index >= 15 is 0 Å². The summed E-state index contributed by atoms with van der Waals surface area (Å²) in [5, 5.41) is 0.539. The zero-order chi connectivity index (χ0) is 13.7. The predicted octanol–water partition coefficient (Wildman–Crippen LogP) is 3.55. The topological polar surface area (TPSA) is 35.5 Å². The van der Waals surface area contributed by atoms with Gasteiger partial charge in [-0.2, -0.15) is 0 Å². The average molecular weight is 277 g/mol. The van der Waals surface area contributed by atoms with E-state index in [0.717, 1.165) is 0 Å². The quantitative estimate of drug-likeness (QED) is 0.619. The Morgan fingerprint density at radius 2 is 1.79 bits per heavy atom. The molecule has 0 aliphatic heterocycles. The fraction of sp³-hybridized carbons (Fsp3) is 0.133. The van der Waals surface area contributed by atoms with Gasteiger partial charge in [0.15, 0.2) is 12.6 Å². The Kier molecular flexibility index (Phi) is 4.55. The van der Waals surface area contributed by atoms with Gasteiger partial charge in [0.1, 0.15) is 5.75 Å². The maximum atomic E-state index is 12.3. The maximum Gasteiger partial charge on any atom is 0.193 e. The van der Waals surface area contributed by atoms with Crippen molar-refractivity contribution >= 4 is 17.4 Å². The van der Waals surface area contributed by atoms with Crippen LogP contribution >= 0.6 is 11.6 Å². The first kappa shape index (κ1) is 13.6. The molecule has 0 bridgehead atoms. The largest absolute Gasteiger partial charge is 0.468 e. The molecule has 0 spiro atoms. The van der Waals surface area contributed by atoms with Crippen LogP contribution in [0.3, 0.4) is 0 Å². The predicted molar refractivity (Wildman–Crippen MR) is 73.8 cm³/mol. The molecule has 0 aromatic heterocycles. The Morgan fingerprint density at radius 3 is 2.47 bits per heavy atom.